The first-order valence-electron chi connectivity index (χ1n) is 9.78. The average molecular weight is 380 g/mol. The second-order valence-electron chi connectivity index (χ2n) is 9.01. The Morgan fingerprint density at radius 2 is 1.77 bits per heavy atom. The molecule has 1 saturated heterocycles. The highest BCUT2D eigenvalue weighted by atomic mass is 32.1. The van der Waals surface area contributed by atoms with Crippen LogP contribution in [0.15, 0.2) is 0 Å². The third-order valence-corrected chi connectivity index (χ3v) is 6.73. The maximum atomic E-state index is 12.3. The van der Waals surface area contributed by atoms with Crippen molar-refractivity contribution in [2.75, 3.05) is 13.1 Å². The van der Waals surface area contributed by atoms with E-state index in [0.717, 1.165) is 30.9 Å². The van der Waals surface area contributed by atoms with E-state index in [2.05, 4.69) is 31.1 Å². The summed E-state index contributed by atoms with van der Waals surface area (Å²) in [5.41, 5.74) is 0.744. The van der Waals surface area contributed by atoms with Gasteiger partial charge in [0.25, 0.3) is 0 Å². The first-order chi connectivity index (χ1) is 12.1. The van der Waals surface area contributed by atoms with E-state index in [9.17, 15) is 4.79 Å². The van der Waals surface area contributed by atoms with Crippen LogP contribution in [-0.4, -0.2) is 40.7 Å². The molecule has 1 aromatic rings. The van der Waals surface area contributed by atoms with Crippen LogP contribution < -0.4 is 5.32 Å². The van der Waals surface area contributed by atoms with E-state index in [1.54, 1.807) is 0 Å². The summed E-state index contributed by atoms with van der Waals surface area (Å²) in [6.45, 7) is 13.8. The van der Waals surface area contributed by atoms with E-state index in [4.69, 9.17) is 4.74 Å². The summed E-state index contributed by atoms with van der Waals surface area (Å²) in [5, 5.41) is 5.11. The first kappa shape index (κ1) is 19.6. The largest absolute Gasteiger partial charge is 0.444 e. The quantitative estimate of drug-likeness (QED) is 0.844. The molecule has 1 saturated carbocycles. The Morgan fingerprint density at radius 1 is 1.15 bits per heavy atom. The SMILES string of the molecule is Cc1nc(C)c(C(C)(NC2CCN(C(=O)OC(C)(C)C)CC2)C2CC2)s1. The summed E-state index contributed by atoms with van der Waals surface area (Å²) in [6, 6.07) is 0.432. The molecule has 6 heteroatoms. The molecule has 0 bridgehead atoms. The van der Waals surface area contributed by atoms with E-state index in [1.807, 2.05) is 37.0 Å². The molecule has 1 amide bonds. The van der Waals surface area contributed by atoms with Crippen molar-refractivity contribution in [2.24, 2.45) is 5.92 Å². The lowest BCUT2D eigenvalue weighted by Crippen LogP contribution is -2.52. The minimum atomic E-state index is -0.432. The number of hydrogen-bond acceptors (Lipinski definition) is 5. The molecule has 2 fully saturated rings. The van der Waals surface area contributed by atoms with Crippen molar-refractivity contribution in [3.63, 3.8) is 0 Å². The van der Waals surface area contributed by atoms with Crippen LogP contribution >= 0.6 is 11.3 Å². The van der Waals surface area contributed by atoms with Crippen LogP contribution in [0.3, 0.4) is 0 Å². The molecule has 26 heavy (non-hydrogen) atoms. The lowest BCUT2D eigenvalue weighted by Gasteiger charge is -2.39. The summed E-state index contributed by atoms with van der Waals surface area (Å²) >= 11 is 1.83. The Labute approximate surface area is 161 Å². The molecule has 1 aromatic heterocycles. The standard InChI is InChI=1S/C20H33N3O2S/c1-13-17(26-14(2)21-13)20(6,15-7-8-15)22-16-9-11-23(12-10-16)18(24)25-19(3,4)5/h15-16,22H,7-12H2,1-6H3. The van der Waals surface area contributed by atoms with Gasteiger partial charge in [-0.2, -0.15) is 0 Å². The van der Waals surface area contributed by atoms with E-state index < -0.39 is 5.60 Å². The highest BCUT2D eigenvalue weighted by molar-refractivity contribution is 7.11. The van der Waals surface area contributed by atoms with Crippen LogP contribution in [0.25, 0.3) is 0 Å². The van der Waals surface area contributed by atoms with Crippen LogP contribution in [0.5, 0.6) is 0 Å². The van der Waals surface area contributed by atoms with Gasteiger partial charge in [0.05, 0.1) is 16.2 Å². The van der Waals surface area contributed by atoms with Crippen molar-refractivity contribution in [2.45, 2.75) is 84.4 Å². The summed E-state index contributed by atoms with van der Waals surface area (Å²) in [7, 11) is 0. The third kappa shape index (κ3) is 4.39. The number of hydrogen-bond donors (Lipinski definition) is 1. The van der Waals surface area contributed by atoms with Gasteiger partial charge in [0.2, 0.25) is 0 Å². The van der Waals surface area contributed by atoms with Crippen LogP contribution in [0.4, 0.5) is 4.79 Å². The molecule has 2 heterocycles. The van der Waals surface area contributed by atoms with Crippen LogP contribution in [0, 0.1) is 19.8 Å². The lowest BCUT2D eigenvalue weighted by atomic mass is 9.89. The maximum absolute atomic E-state index is 12.3. The van der Waals surface area contributed by atoms with Gasteiger partial charge in [-0.25, -0.2) is 9.78 Å². The second kappa shape index (κ2) is 7.12. The zero-order valence-electron chi connectivity index (χ0n) is 17.0. The summed E-state index contributed by atoms with van der Waals surface area (Å²) in [4.78, 5) is 20.2. The maximum Gasteiger partial charge on any atom is 0.410 e. The van der Waals surface area contributed by atoms with E-state index in [1.165, 1.54) is 23.4 Å². The van der Waals surface area contributed by atoms with Crippen LogP contribution in [-0.2, 0) is 10.3 Å². The minimum absolute atomic E-state index is 0.00870. The molecule has 0 radical (unpaired) electrons. The van der Waals surface area contributed by atoms with E-state index >= 15 is 0 Å². The van der Waals surface area contributed by atoms with Gasteiger partial charge in [-0.15, -0.1) is 11.3 Å². The second-order valence-corrected chi connectivity index (χ2v) is 10.2. The molecule has 0 spiro atoms. The molecule has 0 aromatic carbocycles. The number of aromatic nitrogens is 1. The Hall–Kier alpha value is -1.14. The summed E-state index contributed by atoms with van der Waals surface area (Å²) < 4.78 is 5.51. The molecular formula is C20H33N3O2S. The number of nitrogens with one attached hydrogen (secondary N) is 1. The minimum Gasteiger partial charge on any atom is -0.444 e. The first-order valence-corrected chi connectivity index (χ1v) is 10.6. The number of amides is 1. The number of thiazole rings is 1. The highest BCUT2D eigenvalue weighted by Crippen LogP contribution is 2.48. The van der Waals surface area contributed by atoms with Crippen molar-refractivity contribution in [3.05, 3.63) is 15.6 Å². The van der Waals surface area contributed by atoms with Gasteiger partial charge in [0.15, 0.2) is 0 Å². The number of nitrogens with zero attached hydrogens (tertiary/aromatic N) is 2. The molecule has 5 nitrogen and oxygen atoms in total. The van der Waals surface area contributed by atoms with Gasteiger partial charge in [0, 0.05) is 24.0 Å². The summed E-state index contributed by atoms with van der Waals surface area (Å²) in [6.07, 6.45) is 4.33. The normalized spacial score (nSPS) is 21.5. The molecule has 3 rings (SSSR count). The zero-order valence-corrected chi connectivity index (χ0v) is 17.8. The Morgan fingerprint density at radius 3 is 2.23 bits per heavy atom. The highest BCUT2D eigenvalue weighted by Gasteiger charge is 2.46. The fourth-order valence-electron chi connectivity index (χ4n) is 4.00. The number of piperidine rings is 1. The molecule has 1 N–H and O–H groups in total. The fraction of sp³-hybridized carbons (Fsp3) is 0.800. The van der Waals surface area contributed by atoms with Crippen molar-refractivity contribution < 1.29 is 9.53 Å². The predicted octanol–water partition coefficient (Wildman–Crippen LogP) is 4.37. The molecule has 1 unspecified atom stereocenters. The molecule has 1 atom stereocenters. The van der Waals surface area contributed by atoms with Gasteiger partial charge >= 0.3 is 6.09 Å². The van der Waals surface area contributed by atoms with Gasteiger partial charge in [0.1, 0.15) is 5.60 Å². The number of carbonyl (C=O) groups excluding carboxylic acids is 1. The van der Waals surface area contributed by atoms with Gasteiger partial charge in [-0.1, -0.05) is 0 Å². The van der Waals surface area contributed by atoms with Crippen LogP contribution in [0.1, 0.15) is 69.0 Å². The smallest absolute Gasteiger partial charge is 0.410 e. The van der Waals surface area contributed by atoms with Crippen LogP contribution in [0.2, 0.25) is 0 Å². The topological polar surface area (TPSA) is 54.5 Å². The number of carbonyl (C=O) groups is 1. The number of aryl methyl sites for hydroxylation is 2. The van der Waals surface area contributed by atoms with Gasteiger partial charge < -0.3 is 15.0 Å². The molecule has 1 aliphatic heterocycles. The third-order valence-electron chi connectivity index (χ3n) is 5.42. The fourth-order valence-corrected chi connectivity index (χ4v) is 5.11. The van der Waals surface area contributed by atoms with Gasteiger partial charge in [-0.3, -0.25) is 0 Å². The number of rotatable bonds is 4. The van der Waals surface area contributed by atoms with Crippen molar-refractivity contribution >= 4 is 17.4 Å². The van der Waals surface area contributed by atoms with Crippen molar-refractivity contribution in [3.8, 4) is 0 Å². The zero-order chi connectivity index (χ0) is 19.1. The average Bonchev–Trinajstić information content (AvgIpc) is 3.32. The summed E-state index contributed by atoms with van der Waals surface area (Å²) in [5.74, 6) is 0.699. The molecule has 2 aliphatic rings. The molecular weight excluding hydrogens is 346 g/mol. The Balaban J connectivity index is 1.62. The Kier molecular flexibility index (Phi) is 5.37. The van der Waals surface area contributed by atoms with Crippen molar-refractivity contribution in [1.29, 1.82) is 0 Å². The monoisotopic (exact) mass is 379 g/mol. The van der Waals surface area contributed by atoms with E-state index in [-0.39, 0.29) is 11.6 Å². The number of likely N-dealkylation sites (tertiary alicyclic amines) is 1. The van der Waals surface area contributed by atoms with E-state index in [0.29, 0.717) is 12.0 Å². The Bertz CT molecular complexity index is 655. The molecule has 1 aliphatic carbocycles. The lowest BCUT2D eigenvalue weighted by molar-refractivity contribution is 0.0188. The predicted molar refractivity (Wildman–Crippen MR) is 106 cm³/mol. The number of ether oxygens (including phenoxy) is 1. The van der Waals surface area contributed by atoms with Crippen molar-refractivity contribution in [1.82, 2.24) is 15.2 Å². The molecule has 146 valence electrons. The van der Waals surface area contributed by atoms with Gasteiger partial charge in [-0.05, 0) is 73.1 Å².